The van der Waals surface area contributed by atoms with Crippen molar-refractivity contribution in [2.75, 3.05) is 13.2 Å². The van der Waals surface area contributed by atoms with Crippen LogP contribution in [0.5, 0.6) is 0 Å². The van der Waals surface area contributed by atoms with E-state index in [1.165, 1.54) is 0 Å². The van der Waals surface area contributed by atoms with Crippen LogP contribution < -0.4 is 5.32 Å². The maximum absolute atomic E-state index is 12.7. The second-order valence-corrected chi connectivity index (χ2v) is 7.22. The van der Waals surface area contributed by atoms with Gasteiger partial charge in [-0.25, -0.2) is 0 Å². The van der Waals surface area contributed by atoms with E-state index in [1.54, 1.807) is 0 Å². The molecule has 1 aliphatic heterocycles. The topological polar surface area (TPSA) is 58.6 Å². The van der Waals surface area contributed by atoms with E-state index in [2.05, 4.69) is 12.2 Å². The standard InChI is InChI=1S/C20H28N2O3/c1-14-13-25-19(16-7-4-3-5-8-16)15(2)22(14)18(23)9-6-12-21-20(24)17-10-11-17/h3-5,7-8,14-15,17,19H,6,9-13H2,1-2H3,(H,21,24)/t14-,15+,19+/m0/s1. The van der Waals surface area contributed by atoms with Gasteiger partial charge in [-0.15, -0.1) is 0 Å². The summed E-state index contributed by atoms with van der Waals surface area (Å²) in [5, 5.41) is 2.93. The summed E-state index contributed by atoms with van der Waals surface area (Å²) in [6.45, 7) is 5.22. The van der Waals surface area contributed by atoms with Crippen molar-refractivity contribution in [3.8, 4) is 0 Å². The molecule has 0 radical (unpaired) electrons. The van der Waals surface area contributed by atoms with Gasteiger partial charge in [0.25, 0.3) is 0 Å². The summed E-state index contributed by atoms with van der Waals surface area (Å²) in [6.07, 6.45) is 3.07. The van der Waals surface area contributed by atoms with Gasteiger partial charge in [0.1, 0.15) is 6.10 Å². The summed E-state index contributed by atoms with van der Waals surface area (Å²) < 4.78 is 6.01. The normalized spacial score (nSPS) is 26.3. The summed E-state index contributed by atoms with van der Waals surface area (Å²) in [6, 6.07) is 10.2. The molecular weight excluding hydrogens is 316 g/mol. The van der Waals surface area contributed by atoms with Crippen LogP contribution in [-0.2, 0) is 14.3 Å². The minimum atomic E-state index is -0.0871. The van der Waals surface area contributed by atoms with Gasteiger partial charge in [-0.2, -0.15) is 0 Å². The Labute approximate surface area is 149 Å². The maximum Gasteiger partial charge on any atom is 0.223 e. The molecule has 2 aliphatic rings. The zero-order chi connectivity index (χ0) is 17.8. The van der Waals surface area contributed by atoms with Crippen LogP contribution in [0.1, 0.15) is 51.2 Å². The minimum Gasteiger partial charge on any atom is -0.369 e. The number of rotatable bonds is 6. The molecule has 0 spiro atoms. The first-order valence-electron chi connectivity index (χ1n) is 9.33. The second kappa shape index (κ2) is 8.00. The lowest BCUT2D eigenvalue weighted by atomic mass is 9.98. The van der Waals surface area contributed by atoms with Crippen LogP contribution in [0.15, 0.2) is 30.3 Å². The Bertz CT molecular complexity index is 600. The Balaban J connectivity index is 1.53. The van der Waals surface area contributed by atoms with Gasteiger partial charge in [0.2, 0.25) is 11.8 Å². The van der Waals surface area contributed by atoms with E-state index < -0.39 is 0 Å². The molecule has 0 bridgehead atoms. The molecule has 1 aromatic rings. The van der Waals surface area contributed by atoms with E-state index in [0.717, 1.165) is 18.4 Å². The van der Waals surface area contributed by atoms with Gasteiger partial charge in [-0.3, -0.25) is 9.59 Å². The second-order valence-electron chi connectivity index (χ2n) is 7.22. The van der Waals surface area contributed by atoms with E-state index in [0.29, 0.717) is 26.0 Å². The van der Waals surface area contributed by atoms with Crippen LogP contribution in [0.4, 0.5) is 0 Å². The fraction of sp³-hybridized carbons (Fsp3) is 0.600. The van der Waals surface area contributed by atoms with E-state index in [9.17, 15) is 9.59 Å². The van der Waals surface area contributed by atoms with E-state index in [-0.39, 0.29) is 35.9 Å². The molecule has 2 amide bonds. The van der Waals surface area contributed by atoms with Gasteiger partial charge >= 0.3 is 0 Å². The van der Waals surface area contributed by atoms with Gasteiger partial charge in [0.15, 0.2) is 0 Å². The van der Waals surface area contributed by atoms with Gasteiger partial charge in [0.05, 0.1) is 18.7 Å². The molecule has 25 heavy (non-hydrogen) atoms. The fourth-order valence-electron chi connectivity index (χ4n) is 3.57. The van der Waals surface area contributed by atoms with Crippen LogP contribution in [0.3, 0.4) is 0 Å². The molecular formula is C20H28N2O3. The fourth-order valence-corrected chi connectivity index (χ4v) is 3.57. The van der Waals surface area contributed by atoms with Crippen molar-refractivity contribution >= 4 is 11.8 Å². The monoisotopic (exact) mass is 344 g/mol. The molecule has 5 nitrogen and oxygen atoms in total. The minimum absolute atomic E-state index is 0.000273. The molecule has 136 valence electrons. The van der Waals surface area contributed by atoms with E-state index >= 15 is 0 Å². The first kappa shape index (κ1) is 17.9. The quantitative estimate of drug-likeness (QED) is 0.807. The molecule has 3 atom stereocenters. The van der Waals surface area contributed by atoms with Crippen LogP contribution in [0, 0.1) is 5.92 Å². The number of benzene rings is 1. The zero-order valence-electron chi connectivity index (χ0n) is 15.1. The number of amides is 2. The van der Waals surface area contributed by atoms with Crippen molar-refractivity contribution in [2.24, 2.45) is 5.92 Å². The van der Waals surface area contributed by atoms with Crippen molar-refractivity contribution in [3.63, 3.8) is 0 Å². The number of nitrogens with zero attached hydrogens (tertiary/aromatic N) is 1. The number of carbonyl (C=O) groups excluding carboxylic acids is 2. The first-order chi connectivity index (χ1) is 12.1. The highest BCUT2D eigenvalue weighted by Gasteiger charge is 2.36. The highest BCUT2D eigenvalue weighted by molar-refractivity contribution is 5.81. The Morgan fingerprint density at radius 3 is 2.60 bits per heavy atom. The van der Waals surface area contributed by atoms with Gasteiger partial charge in [-0.1, -0.05) is 30.3 Å². The van der Waals surface area contributed by atoms with Crippen LogP contribution in [0.2, 0.25) is 0 Å². The molecule has 3 rings (SSSR count). The number of ether oxygens (including phenoxy) is 1. The predicted octanol–water partition coefficient (Wildman–Crippen LogP) is 2.67. The van der Waals surface area contributed by atoms with Crippen molar-refractivity contribution in [3.05, 3.63) is 35.9 Å². The molecule has 1 heterocycles. The molecule has 1 saturated carbocycles. The Morgan fingerprint density at radius 1 is 1.20 bits per heavy atom. The lowest BCUT2D eigenvalue weighted by molar-refractivity contribution is -0.153. The van der Waals surface area contributed by atoms with Gasteiger partial charge in [-0.05, 0) is 38.7 Å². The number of hydrogen-bond acceptors (Lipinski definition) is 3. The molecule has 1 saturated heterocycles. The molecule has 5 heteroatoms. The van der Waals surface area contributed by atoms with Crippen molar-refractivity contribution in [1.29, 1.82) is 0 Å². The Morgan fingerprint density at radius 2 is 1.92 bits per heavy atom. The van der Waals surface area contributed by atoms with Crippen LogP contribution >= 0.6 is 0 Å². The lowest BCUT2D eigenvalue weighted by Gasteiger charge is -2.44. The highest BCUT2D eigenvalue weighted by Crippen LogP contribution is 2.31. The number of morpholine rings is 1. The molecule has 0 aromatic heterocycles. The summed E-state index contributed by atoms with van der Waals surface area (Å²) in [5.41, 5.74) is 1.11. The van der Waals surface area contributed by atoms with Crippen molar-refractivity contribution < 1.29 is 14.3 Å². The summed E-state index contributed by atoms with van der Waals surface area (Å²) in [4.78, 5) is 26.3. The predicted molar refractivity (Wildman–Crippen MR) is 95.9 cm³/mol. The van der Waals surface area contributed by atoms with Crippen LogP contribution in [-0.4, -0.2) is 41.9 Å². The highest BCUT2D eigenvalue weighted by atomic mass is 16.5. The Kier molecular flexibility index (Phi) is 5.74. The third-order valence-electron chi connectivity index (χ3n) is 5.10. The molecule has 1 N–H and O–H groups in total. The van der Waals surface area contributed by atoms with Crippen molar-refractivity contribution in [1.82, 2.24) is 10.2 Å². The maximum atomic E-state index is 12.7. The average molecular weight is 344 g/mol. The van der Waals surface area contributed by atoms with E-state index in [1.807, 2.05) is 42.2 Å². The lowest BCUT2D eigenvalue weighted by Crippen LogP contribution is -2.53. The van der Waals surface area contributed by atoms with Crippen molar-refractivity contribution in [2.45, 2.75) is 57.7 Å². The number of carbonyl (C=O) groups is 2. The molecule has 1 aliphatic carbocycles. The Hall–Kier alpha value is -1.88. The zero-order valence-corrected chi connectivity index (χ0v) is 15.1. The number of nitrogens with one attached hydrogen (secondary N) is 1. The summed E-state index contributed by atoms with van der Waals surface area (Å²) in [5.74, 6) is 0.510. The third-order valence-corrected chi connectivity index (χ3v) is 5.10. The third kappa shape index (κ3) is 4.40. The smallest absolute Gasteiger partial charge is 0.223 e. The van der Waals surface area contributed by atoms with Crippen LogP contribution in [0.25, 0.3) is 0 Å². The first-order valence-corrected chi connectivity index (χ1v) is 9.33. The summed E-state index contributed by atoms with van der Waals surface area (Å²) >= 11 is 0. The molecule has 2 fully saturated rings. The SMILES string of the molecule is C[C@@H]1[C@H](c2ccccc2)OC[C@H](C)N1C(=O)CCCNC(=O)C1CC1. The van der Waals surface area contributed by atoms with E-state index in [4.69, 9.17) is 4.74 Å². The molecule has 0 unspecified atom stereocenters. The molecule has 1 aromatic carbocycles. The van der Waals surface area contributed by atoms with Gasteiger partial charge in [0, 0.05) is 18.9 Å². The largest absolute Gasteiger partial charge is 0.369 e. The summed E-state index contributed by atoms with van der Waals surface area (Å²) in [7, 11) is 0. The average Bonchev–Trinajstić information content (AvgIpc) is 3.44. The van der Waals surface area contributed by atoms with Gasteiger partial charge < -0.3 is 15.0 Å². The number of hydrogen-bond donors (Lipinski definition) is 1.